The maximum Gasteiger partial charge on any atom is 0.157 e. The Morgan fingerprint density at radius 1 is 1.32 bits per heavy atom. The van der Waals surface area contributed by atoms with Crippen LogP contribution in [0.4, 0.5) is 0 Å². The van der Waals surface area contributed by atoms with Crippen molar-refractivity contribution in [1.29, 1.82) is 0 Å². The van der Waals surface area contributed by atoms with Crippen LogP contribution in [0.25, 0.3) is 0 Å². The van der Waals surface area contributed by atoms with Gasteiger partial charge in [0, 0.05) is 23.4 Å². The predicted octanol–water partition coefficient (Wildman–Crippen LogP) is 2.95. The average molecular weight is 289 g/mol. The first-order valence-corrected chi connectivity index (χ1v) is 8.13. The van der Waals surface area contributed by atoms with E-state index in [1.165, 1.54) is 5.56 Å². The first kappa shape index (κ1) is 12.7. The van der Waals surface area contributed by atoms with E-state index < -0.39 is 0 Å². The number of thioether (sulfide) groups is 1. The molecule has 3 rings (SSSR count). The average Bonchev–Trinajstić information content (AvgIpc) is 3.09. The first-order valence-electron chi connectivity index (χ1n) is 6.26. The summed E-state index contributed by atoms with van der Waals surface area (Å²) < 4.78 is 0. The van der Waals surface area contributed by atoms with Gasteiger partial charge in [-0.25, -0.2) is 4.98 Å². The van der Waals surface area contributed by atoms with Crippen molar-refractivity contribution in [2.75, 3.05) is 5.75 Å². The molecule has 0 radical (unpaired) electrons. The molecule has 1 unspecified atom stereocenters. The smallest absolute Gasteiger partial charge is 0.157 e. The van der Waals surface area contributed by atoms with Crippen molar-refractivity contribution >= 4 is 28.3 Å². The number of amidine groups is 1. The standard InChI is InChI=1S/C14H15N3S2/c1-2-4-11(5-3-1)8-12-10-19-14(17-12)16-9-13-15-6-7-18-13/h1-7,12H,8-10H2,(H,16,17). The maximum absolute atomic E-state index is 4.57. The quantitative estimate of drug-likeness (QED) is 0.940. The fourth-order valence-electron chi connectivity index (χ4n) is 2.01. The Labute approximate surface area is 121 Å². The molecule has 2 heterocycles. The van der Waals surface area contributed by atoms with Gasteiger partial charge in [-0.3, -0.25) is 4.99 Å². The molecule has 1 atom stereocenters. The lowest BCUT2D eigenvalue weighted by Crippen LogP contribution is -2.29. The minimum absolute atomic E-state index is 0.488. The Morgan fingerprint density at radius 2 is 2.21 bits per heavy atom. The Morgan fingerprint density at radius 3 is 3.00 bits per heavy atom. The highest BCUT2D eigenvalue weighted by atomic mass is 32.2. The van der Waals surface area contributed by atoms with E-state index in [1.807, 2.05) is 23.3 Å². The zero-order valence-corrected chi connectivity index (χ0v) is 12.1. The van der Waals surface area contributed by atoms with Crippen LogP contribution >= 0.6 is 23.1 Å². The summed E-state index contributed by atoms with van der Waals surface area (Å²) in [5.41, 5.74) is 1.38. The zero-order chi connectivity index (χ0) is 12.9. The zero-order valence-electron chi connectivity index (χ0n) is 10.5. The first-order chi connectivity index (χ1) is 9.40. The lowest BCUT2D eigenvalue weighted by molar-refractivity contribution is 0.686. The lowest BCUT2D eigenvalue weighted by atomic mass is 10.1. The Hall–Kier alpha value is -1.33. The number of hydrogen-bond donors (Lipinski definition) is 1. The molecule has 1 saturated heterocycles. The number of rotatable bonds is 4. The van der Waals surface area contributed by atoms with Gasteiger partial charge in [0.25, 0.3) is 0 Å². The fraction of sp³-hybridized carbons (Fsp3) is 0.286. The van der Waals surface area contributed by atoms with E-state index in [0.717, 1.165) is 22.3 Å². The van der Waals surface area contributed by atoms with Crippen molar-refractivity contribution in [2.45, 2.75) is 19.0 Å². The predicted molar refractivity (Wildman–Crippen MR) is 82.8 cm³/mol. The molecule has 1 aromatic heterocycles. The van der Waals surface area contributed by atoms with E-state index in [0.29, 0.717) is 12.6 Å². The summed E-state index contributed by atoms with van der Waals surface area (Å²) in [6, 6.07) is 11.1. The number of nitrogens with one attached hydrogen (secondary N) is 1. The van der Waals surface area contributed by atoms with Crippen LogP contribution in [0.15, 0.2) is 46.9 Å². The highest BCUT2D eigenvalue weighted by Gasteiger charge is 2.20. The number of aromatic nitrogens is 1. The van der Waals surface area contributed by atoms with Crippen molar-refractivity contribution in [3.8, 4) is 0 Å². The molecule has 1 aliphatic rings. The Bertz CT molecular complexity index is 537. The SMILES string of the molecule is c1ccc(CC2CSC(=NCc3nccs3)N2)cc1. The molecule has 19 heavy (non-hydrogen) atoms. The second-order valence-electron chi connectivity index (χ2n) is 4.39. The summed E-state index contributed by atoms with van der Waals surface area (Å²) >= 11 is 3.46. The van der Waals surface area contributed by atoms with Gasteiger partial charge in [-0.1, -0.05) is 42.1 Å². The van der Waals surface area contributed by atoms with Crippen LogP contribution in [0.2, 0.25) is 0 Å². The summed E-state index contributed by atoms with van der Waals surface area (Å²) in [4.78, 5) is 8.81. The maximum atomic E-state index is 4.57. The number of hydrogen-bond acceptors (Lipinski definition) is 4. The van der Waals surface area contributed by atoms with Crippen molar-refractivity contribution in [2.24, 2.45) is 4.99 Å². The molecule has 0 bridgehead atoms. The van der Waals surface area contributed by atoms with Gasteiger partial charge < -0.3 is 5.32 Å². The highest BCUT2D eigenvalue weighted by Crippen LogP contribution is 2.18. The van der Waals surface area contributed by atoms with Gasteiger partial charge >= 0.3 is 0 Å². The summed E-state index contributed by atoms with van der Waals surface area (Å²) in [7, 11) is 0. The van der Waals surface area contributed by atoms with Gasteiger partial charge in [0.15, 0.2) is 5.17 Å². The molecule has 0 aliphatic carbocycles. The molecule has 0 spiro atoms. The molecule has 1 N–H and O–H groups in total. The second kappa shape index (κ2) is 6.21. The largest absolute Gasteiger partial charge is 0.361 e. The Balaban J connectivity index is 1.54. The van der Waals surface area contributed by atoms with Gasteiger partial charge in [0.2, 0.25) is 0 Å². The monoisotopic (exact) mass is 289 g/mol. The van der Waals surface area contributed by atoms with Crippen LogP contribution in [-0.4, -0.2) is 21.9 Å². The molecule has 98 valence electrons. The second-order valence-corrected chi connectivity index (χ2v) is 6.38. The number of aliphatic imine (C=N–C) groups is 1. The van der Waals surface area contributed by atoms with Crippen LogP contribution in [0.3, 0.4) is 0 Å². The molecule has 0 saturated carbocycles. The van der Waals surface area contributed by atoms with Crippen LogP contribution in [0, 0.1) is 0 Å². The van der Waals surface area contributed by atoms with Crippen molar-refractivity contribution in [1.82, 2.24) is 10.3 Å². The van der Waals surface area contributed by atoms with Crippen LogP contribution in [-0.2, 0) is 13.0 Å². The van der Waals surface area contributed by atoms with Crippen molar-refractivity contribution < 1.29 is 0 Å². The lowest BCUT2D eigenvalue weighted by Gasteiger charge is -2.09. The van der Waals surface area contributed by atoms with E-state index in [9.17, 15) is 0 Å². The summed E-state index contributed by atoms with van der Waals surface area (Å²) in [6.07, 6.45) is 2.89. The third-order valence-electron chi connectivity index (χ3n) is 2.92. The molecule has 3 nitrogen and oxygen atoms in total. The third-order valence-corrected chi connectivity index (χ3v) is 4.77. The molecule has 1 aromatic carbocycles. The van der Waals surface area contributed by atoms with E-state index in [-0.39, 0.29) is 0 Å². The molecular formula is C14H15N3S2. The minimum atomic E-state index is 0.488. The molecule has 1 fully saturated rings. The van der Waals surface area contributed by atoms with Gasteiger partial charge in [0.1, 0.15) is 5.01 Å². The normalized spacial score (nSPS) is 20.6. The summed E-state index contributed by atoms with van der Waals surface area (Å²) in [5, 5.41) is 7.60. The number of benzene rings is 1. The van der Waals surface area contributed by atoms with Crippen LogP contribution in [0.5, 0.6) is 0 Å². The van der Waals surface area contributed by atoms with Gasteiger partial charge in [-0.15, -0.1) is 11.3 Å². The molecule has 5 heteroatoms. The van der Waals surface area contributed by atoms with Crippen LogP contribution in [0.1, 0.15) is 10.6 Å². The molecule has 1 aliphatic heterocycles. The fourth-order valence-corrected chi connectivity index (χ4v) is 3.51. The van der Waals surface area contributed by atoms with Gasteiger partial charge in [-0.05, 0) is 12.0 Å². The summed E-state index contributed by atoms with van der Waals surface area (Å²) in [6.45, 7) is 0.686. The molecule has 2 aromatic rings. The third kappa shape index (κ3) is 3.58. The summed E-state index contributed by atoms with van der Waals surface area (Å²) in [5.74, 6) is 1.09. The van der Waals surface area contributed by atoms with Crippen molar-refractivity contribution in [3.05, 3.63) is 52.5 Å². The van der Waals surface area contributed by atoms with Crippen LogP contribution < -0.4 is 5.32 Å². The molecule has 0 amide bonds. The minimum Gasteiger partial charge on any atom is -0.361 e. The number of nitrogens with zero attached hydrogens (tertiary/aromatic N) is 2. The molecular weight excluding hydrogens is 274 g/mol. The topological polar surface area (TPSA) is 37.3 Å². The number of thiazole rings is 1. The van der Waals surface area contributed by atoms with Gasteiger partial charge in [0.05, 0.1) is 6.54 Å². The van der Waals surface area contributed by atoms with Gasteiger partial charge in [-0.2, -0.15) is 0 Å². The van der Waals surface area contributed by atoms with E-state index in [2.05, 4.69) is 45.6 Å². The highest BCUT2D eigenvalue weighted by molar-refractivity contribution is 8.14. The Kier molecular flexibility index (Phi) is 4.15. The van der Waals surface area contributed by atoms with E-state index >= 15 is 0 Å². The van der Waals surface area contributed by atoms with Crippen molar-refractivity contribution in [3.63, 3.8) is 0 Å². The van der Waals surface area contributed by atoms with E-state index in [1.54, 1.807) is 11.3 Å². The van der Waals surface area contributed by atoms with E-state index in [4.69, 9.17) is 0 Å².